The summed E-state index contributed by atoms with van der Waals surface area (Å²) in [6.07, 6.45) is 1.41. The van der Waals surface area contributed by atoms with Crippen LogP contribution in [0.1, 0.15) is 44.6 Å². The van der Waals surface area contributed by atoms with Crippen LogP contribution in [0.25, 0.3) is 0 Å². The predicted molar refractivity (Wildman–Crippen MR) is 123 cm³/mol. The maximum Gasteiger partial charge on any atom is 0.359 e. The number of carbonyl (C=O) groups is 3. The van der Waals surface area contributed by atoms with Gasteiger partial charge in [-0.05, 0) is 43.5 Å². The number of amides is 2. The number of rotatable bonds is 5. The summed E-state index contributed by atoms with van der Waals surface area (Å²) in [6, 6.07) is 15.2. The molecule has 0 aliphatic carbocycles. The molecule has 33 heavy (non-hydrogen) atoms. The number of esters is 1. The van der Waals surface area contributed by atoms with E-state index in [1.165, 1.54) is 18.3 Å². The Bertz CT molecular complexity index is 1230. The van der Waals surface area contributed by atoms with Gasteiger partial charge in [-0.1, -0.05) is 42.5 Å². The van der Waals surface area contributed by atoms with Crippen LogP contribution in [-0.2, 0) is 22.6 Å². The number of imidazole rings is 1. The van der Waals surface area contributed by atoms with E-state index >= 15 is 0 Å². The number of benzene rings is 2. The molecule has 8 heteroatoms. The van der Waals surface area contributed by atoms with E-state index in [1.54, 1.807) is 11.5 Å². The molecule has 8 nitrogen and oxygen atoms in total. The van der Waals surface area contributed by atoms with Crippen LogP contribution in [0, 0.1) is 13.8 Å². The van der Waals surface area contributed by atoms with Gasteiger partial charge in [0.2, 0.25) is 5.91 Å². The van der Waals surface area contributed by atoms with Crippen molar-refractivity contribution in [3.8, 4) is 0 Å². The molecule has 170 valence electrons. The number of fused-ring (bicyclic) bond motifs is 1. The molecule has 1 aliphatic rings. The zero-order valence-electron chi connectivity index (χ0n) is 19.1. The first-order valence-corrected chi connectivity index (χ1v) is 10.6. The third-order valence-corrected chi connectivity index (χ3v) is 6.20. The average molecular weight is 447 g/mol. The Morgan fingerprint density at radius 2 is 1.85 bits per heavy atom. The zero-order chi connectivity index (χ0) is 23.8. The first-order chi connectivity index (χ1) is 15.8. The van der Waals surface area contributed by atoms with Gasteiger partial charge >= 0.3 is 5.97 Å². The summed E-state index contributed by atoms with van der Waals surface area (Å²) in [5.74, 6) is -1.49. The van der Waals surface area contributed by atoms with Crippen molar-refractivity contribution in [1.82, 2.24) is 14.9 Å². The van der Waals surface area contributed by atoms with Crippen molar-refractivity contribution in [3.63, 3.8) is 0 Å². The minimum absolute atomic E-state index is 0.0652. The molecule has 1 aromatic heterocycles. The molecule has 2 aromatic carbocycles. The number of ether oxygens (including phenoxy) is 1. The Hall–Kier alpha value is -3.94. The third-order valence-electron chi connectivity index (χ3n) is 6.20. The predicted octanol–water partition coefficient (Wildman–Crippen LogP) is 3.02. The number of hydrogen-bond acceptors (Lipinski definition) is 5. The maximum absolute atomic E-state index is 13.9. The smallest absolute Gasteiger partial charge is 0.359 e. The fraction of sp³-hybridized carbons (Fsp3) is 0.280. The van der Waals surface area contributed by atoms with E-state index in [0.29, 0.717) is 12.2 Å². The fourth-order valence-electron chi connectivity index (χ4n) is 4.20. The molecule has 1 aliphatic heterocycles. The molecule has 1 atom stereocenters. The summed E-state index contributed by atoms with van der Waals surface area (Å²) in [5.41, 5.74) is 2.21. The van der Waals surface area contributed by atoms with Crippen molar-refractivity contribution in [3.05, 3.63) is 82.9 Å². The number of aryl methyl sites for hydroxylation is 1. The Kier molecular flexibility index (Phi) is 5.76. The molecular weight excluding hydrogens is 420 g/mol. The second-order valence-corrected chi connectivity index (χ2v) is 8.36. The Labute approximate surface area is 192 Å². The van der Waals surface area contributed by atoms with E-state index in [1.807, 2.05) is 62.4 Å². The number of nitrogens with one attached hydrogen (secondary N) is 1. The van der Waals surface area contributed by atoms with Crippen LogP contribution in [0.5, 0.6) is 0 Å². The summed E-state index contributed by atoms with van der Waals surface area (Å²) in [5, 5.41) is 2.98. The highest BCUT2D eigenvalue weighted by atomic mass is 16.5. The minimum Gasteiger partial charge on any atom is -0.464 e. The third kappa shape index (κ3) is 3.77. The molecule has 1 N–H and O–H groups in total. The zero-order valence-corrected chi connectivity index (χ0v) is 19.1. The van der Waals surface area contributed by atoms with Gasteiger partial charge in [-0.15, -0.1) is 0 Å². The van der Waals surface area contributed by atoms with E-state index in [2.05, 4.69) is 10.3 Å². The highest BCUT2D eigenvalue weighted by Gasteiger charge is 2.50. The van der Waals surface area contributed by atoms with Crippen molar-refractivity contribution in [2.45, 2.75) is 39.4 Å². The first kappa shape index (κ1) is 22.3. The van der Waals surface area contributed by atoms with Crippen LogP contribution in [0.2, 0.25) is 0 Å². The van der Waals surface area contributed by atoms with E-state index in [-0.39, 0.29) is 23.8 Å². The van der Waals surface area contributed by atoms with Gasteiger partial charge in [0.25, 0.3) is 5.91 Å². The van der Waals surface area contributed by atoms with E-state index < -0.39 is 17.4 Å². The largest absolute Gasteiger partial charge is 0.464 e. The minimum atomic E-state index is -1.26. The van der Waals surface area contributed by atoms with Gasteiger partial charge in [-0.25, -0.2) is 9.78 Å². The summed E-state index contributed by atoms with van der Waals surface area (Å²) in [4.78, 5) is 45.3. The van der Waals surface area contributed by atoms with Gasteiger partial charge in [0.15, 0.2) is 5.69 Å². The number of hydrogen-bond donors (Lipinski definition) is 1. The number of carbonyl (C=O) groups excluding carboxylic acids is 3. The monoisotopic (exact) mass is 446 g/mol. The summed E-state index contributed by atoms with van der Waals surface area (Å²) in [6.45, 7) is 6.05. The molecule has 0 saturated carbocycles. The van der Waals surface area contributed by atoms with Crippen LogP contribution in [-0.4, -0.2) is 40.0 Å². The second kappa shape index (κ2) is 8.54. The van der Waals surface area contributed by atoms with Crippen molar-refractivity contribution in [1.29, 1.82) is 0 Å². The van der Waals surface area contributed by atoms with E-state index in [4.69, 9.17) is 4.74 Å². The van der Waals surface area contributed by atoms with Crippen LogP contribution >= 0.6 is 0 Å². The average Bonchev–Trinajstić information content (AvgIpc) is 3.24. The lowest BCUT2D eigenvalue weighted by Gasteiger charge is -2.44. The maximum atomic E-state index is 13.9. The summed E-state index contributed by atoms with van der Waals surface area (Å²) in [7, 11) is 1.24. The van der Waals surface area contributed by atoms with Crippen LogP contribution in [0.15, 0.2) is 54.9 Å². The summed E-state index contributed by atoms with van der Waals surface area (Å²) < 4.78 is 6.37. The fourth-order valence-corrected chi connectivity index (χ4v) is 4.20. The summed E-state index contributed by atoms with van der Waals surface area (Å²) >= 11 is 0. The highest BCUT2D eigenvalue weighted by molar-refractivity contribution is 6.15. The quantitative estimate of drug-likeness (QED) is 0.608. The SMILES string of the molecule is COC(=O)c1ncn2c1C(=O)N(c1cccc(C)c1C)C(C)(C(=O)NCc1ccccc1)C2. The van der Waals surface area contributed by atoms with Crippen LogP contribution in [0.4, 0.5) is 5.69 Å². The molecule has 4 rings (SSSR count). The normalized spacial score (nSPS) is 17.5. The highest BCUT2D eigenvalue weighted by Crippen LogP contribution is 2.36. The van der Waals surface area contributed by atoms with Crippen molar-refractivity contribution < 1.29 is 19.1 Å². The number of methoxy groups -OCH3 is 1. The Morgan fingerprint density at radius 3 is 2.55 bits per heavy atom. The Morgan fingerprint density at radius 1 is 1.12 bits per heavy atom. The van der Waals surface area contributed by atoms with Gasteiger partial charge in [0, 0.05) is 12.2 Å². The lowest BCUT2D eigenvalue weighted by molar-refractivity contribution is -0.126. The van der Waals surface area contributed by atoms with Crippen molar-refractivity contribution >= 4 is 23.5 Å². The standard InChI is InChI=1S/C25H26N4O4/c1-16-9-8-12-19(17(16)2)29-22(30)21-20(23(31)33-4)27-15-28(21)14-25(29,3)24(32)26-13-18-10-6-5-7-11-18/h5-12,15H,13-14H2,1-4H3,(H,26,32). The lowest BCUT2D eigenvalue weighted by atomic mass is 9.91. The second-order valence-electron chi connectivity index (χ2n) is 8.36. The van der Waals surface area contributed by atoms with E-state index in [9.17, 15) is 14.4 Å². The van der Waals surface area contributed by atoms with Gasteiger partial charge in [0.05, 0.1) is 20.0 Å². The van der Waals surface area contributed by atoms with Crippen LogP contribution < -0.4 is 10.2 Å². The molecular formula is C25H26N4O4. The van der Waals surface area contributed by atoms with Gasteiger partial charge in [-0.3, -0.25) is 14.5 Å². The van der Waals surface area contributed by atoms with Gasteiger partial charge in [0.1, 0.15) is 11.2 Å². The molecule has 0 bridgehead atoms. The molecule has 1 unspecified atom stereocenters. The number of aromatic nitrogens is 2. The molecule has 3 aromatic rings. The lowest BCUT2D eigenvalue weighted by Crippen LogP contribution is -2.64. The number of nitrogens with zero attached hydrogens (tertiary/aromatic N) is 3. The molecule has 0 saturated heterocycles. The molecule has 0 radical (unpaired) electrons. The van der Waals surface area contributed by atoms with Gasteiger partial charge in [-0.2, -0.15) is 0 Å². The molecule has 0 spiro atoms. The van der Waals surface area contributed by atoms with Gasteiger partial charge < -0.3 is 14.6 Å². The van der Waals surface area contributed by atoms with Crippen molar-refractivity contribution in [2.24, 2.45) is 0 Å². The first-order valence-electron chi connectivity index (χ1n) is 10.6. The molecule has 0 fully saturated rings. The molecule has 2 heterocycles. The molecule has 2 amide bonds. The van der Waals surface area contributed by atoms with Crippen molar-refractivity contribution in [2.75, 3.05) is 12.0 Å². The number of anilines is 1. The van der Waals surface area contributed by atoms with Crippen LogP contribution in [0.3, 0.4) is 0 Å². The topological polar surface area (TPSA) is 93.5 Å². The Balaban J connectivity index is 1.80. The van der Waals surface area contributed by atoms with E-state index in [0.717, 1.165) is 16.7 Å².